The van der Waals surface area contributed by atoms with Crippen LogP contribution >= 0.6 is 0 Å². The molecular weight excluding hydrogens is 214 g/mol. The van der Waals surface area contributed by atoms with Gasteiger partial charge >= 0.3 is 0 Å². The van der Waals surface area contributed by atoms with Crippen molar-refractivity contribution in [2.75, 3.05) is 33.3 Å². The number of nitrogens with zero attached hydrogens (tertiary/aromatic N) is 2. The normalized spacial score (nSPS) is 29.6. The smallest absolute Gasteiger partial charge is 0.122 e. The van der Waals surface area contributed by atoms with Gasteiger partial charge in [-0.2, -0.15) is 5.26 Å². The Morgan fingerprint density at radius 3 is 2.82 bits per heavy atom. The summed E-state index contributed by atoms with van der Waals surface area (Å²) < 4.78 is 5.67. The van der Waals surface area contributed by atoms with Crippen LogP contribution in [-0.2, 0) is 4.74 Å². The van der Waals surface area contributed by atoms with Crippen molar-refractivity contribution >= 4 is 0 Å². The fourth-order valence-corrected chi connectivity index (χ4v) is 2.69. The molecule has 0 bridgehead atoms. The molecule has 1 saturated heterocycles. The second-order valence-electron chi connectivity index (χ2n) is 5.24. The van der Waals surface area contributed by atoms with E-state index in [0.717, 1.165) is 32.7 Å². The molecule has 2 unspecified atom stereocenters. The summed E-state index contributed by atoms with van der Waals surface area (Å²) in [4.78, 5) is 2.38. The van der Waals surface area contributed by atoms with E-state index < -0.39 is 0 Å². The van der Waals surface area contributed by atoms with E-state index in [1.807, 2.05) is 7.05 Å². The van der Waals surface area contributed by atoms with Crippen molar-refractivity contribution in [3.05, 3.63) is 0 Å². The Kier molecular flexibility index (Phi) is 4.03. The van der Waals surface area contributed by atoms with Crippen LogP contribution < -0.4 is 5.32 Å². The topological polar surface area (TPSA) is 48.3 Å². The second-order valence-corrected chi connectivity index (χ2v) is 5.24. The molecule has 2 atom stereocenters. The lowest BCUT2D eigenvalue weighted by atomic mass is 9.94. The molecule has 0 aromatic rings. The van der Waals surface area contributed by atoms with E-state index in [1.165, 1.54) is 12.8 Å². The van der Waals surface area contributed by atoms with E-state index in [1.54, 1.807) is 0 Å². The third-order valence-electron chi connectivity index (χ3n) is 4.07. The molecule has 0 aromatic carbocycles. The molecule has 0 aromatic heterocycles. The average Bonchev–Trinajstić information content (AvgIpc) is 3.21. The van der Waals surface area contributed by atoms with Gasteiger partial charge < -0.3 is 10.1 Å². The molecule has 1 saturated carbocycles. The number of nitriles is 1. The van der Waals surface area contributed by atoms with Gasteiger partial charge in [0.05, 0.1) is 18.8 Å². The maximum Gasteiger partial charge on any atom is 0.122 e. The van der Waals surface area contributed by atoms with Gasteiger partial charge in [-0.3, -0.25) is 4.90 Å². The Balaban J connectivity index is 1.96. The molecule has 96 valence electrons. The molecule has 2 aliphatic rings. The number of morpholine rings is 1. The zero-order chi connectivity index (χ0) is 12.3. The predicted molar refractivity (Wildman–Crippen MR) is 66.6 cm³/mol. The molecule has 0 radical (unpaired) electrons. The van der Waals surface area contributed by atoms with Crippen molar-refractivity contribution in [3.8, 4) is 6.07 Å². The Labute approximate surface area is 104 Å². The zero-order valence-corrected chi connectivity index (χ0v) is 10.9. The number of hydrogen-bond donors (Lipinski definition) is 1. The minimum Gasteiger partial charge on any atom is -0.376 e. The van der Waals surface area contributed by atoms with Gasteiger partial charge in [-0.05, 0) is 32.2 Å². The summed E-state index contributed by atoms with van der Waals surface area (Å²) in [7, 11) is 1.92. The van der Waals surface area contributed by atoms with E-state index in [4.69, 9.17) is 4.74 Å². The number of rotatable bonds is 5. The van der Waals surface area contributed by atoms with Crippen molar-refractivity contribution < 1.29 is 4.74 Å². The molecule has 1 aliphatic carbocycles. The Bertz CT molecular complexity index is 298. The molecule has 2 rings (SSSR count). The predicted octanol–water partition coefficient (Wildman–Crippen LogP) is 0.989. The van der Waals surface area contributed by atoms with Crippen LogP contribution in [0.5, 0.6) is 0 Å². The van der Waals surface area contributed by atoms with Crippen molar-refractivity contribution in [1.29, 1.82) is 5.26 Å². The molecule has 1 heterocycles. The molecule has 0 spiro atoms. The van der Waals surface area contributed by atoms with Crippen LogP contribution in [0, 0.1) is 17.2 Å². The third kappa shape index (κ3) is 2.79. The van der Waals surface area contributed by atoms with Gasteiger partial charge in [-0.1, -0.05) is 6.92 Å². The van der Waals surface area contributed by atoms with Gasteiger partial charge in [-0.15, -0.1) is 0 Å². The zero-order valence-electron chi connectivity index (χ0n) is 10.9. The third-order valence-corrected chi connectivity index (χ3v) is 4.07. The van der Waals surface area contributed by atoms with Crippen molar-refractivity contribution in [2.24, 2.45) is 5.92 Å². The molecular formula is C13H23N3O. The van der Waals surface area contributed by atoms with E-state index in [0.29, 0.717) is 12.0 Å². The minimum atomic E-state index is -0.338. The molecule has 0 amide bonds. The lowest BCUT2D eigenvalue weighted by Gasteiger charge is -2.38. The average molecular weight is 237 g/mol. The SMILES string of the molecule is CCC1CN(CC(C#N)(NC)C2CC2)CCO1. The molecule has 4 nitrogen and oxygen atoms in total. The highest BCUT2D eigenvalue weighted by Crippen LogP contribution is 2.39. The van der Waals surface area contributed by atoms with Gasteiger partial charge in [0.2, 0.25) is 0 Å². The van der Waals surface area contributed by atoms with Crippen LogP contribution in [0.15, 0.2) is 0 Å². The van der Waals surface area contributed by atoms with Gasteiger partial charge in [0, 0.05) is 19.6 Å². The lowest BCUT2D eigenvalue weighted by Crippen LogP contribution is -2.56. The van der Waals surface area contributed by atoms with E-state index in [9.17, 15) is 5.26 Å². The summed E-state index contributed by atoms with van der Waals surface area (Å²) in [6.07, 6.45) is 3.78. The maximum atomic E-state index is 9.47. The van der Waals surface area contributed by atoms with E-state index in [2.05, 4.69) is 23.2 Å². The summed E-state index contributed by atoms with van der Waals surface area (Å²) in [6, 6.07) is 2.51. The summed E-state index contributed by atoms with van der Waals surface area (Å²) in [6.45, 7) is 5.71. The van der Waals surface area contributed by atoms with Crippen LogP contribution in [0.25, 0.3) is 0 Å². The van der Waals surface area contributed by atoms with Crippen LogP contribution in [0.3, 0.4) is 0 Å². The fraction of sp³-hybridized carbons (Fsp3) is 0.923. The maximum absolute atomic E-state index is 9.47. The largest absolute Gasteiger partial charge is 0.376 e. The van der Waals surface area contributed by atoms with E-state index >= 15 is 0 Å². The van der Waals surface area contributed by atoms with Crippen LogP contribution in [0.4, 0.5) is 0 Å². The first kappa shape index (κ1) is 12.8. The van der Waals surface area contributed by atoms with Crippen LogP contribution in [0.1, 0.15) is 26.2 Å². The molecule has 2 fully saturated rings. The van der Waals surface area contributed by atoms with Gasteiger partial charge in [0.25, 0.3) is 0 Å². The highest BCUT2D eigenvalue weighted by atomic mass is 16.5. The number of nitrogens with one attached hydrogen (secondary N) is 1. The first-order chi connectivity index (χ1) is 8.24. The highest BCUT2D eigenvalue weighted by molar-refractivity contribution is 5.16. The van der Waals surface area contributed by atoms with Gasteiger partial charge in [0.15, 0.2) is 0 Å². The van der Waals surface area contributed by atoms with Gasteiger partial charge in [0.1, 0.15) is 5.54 Å². The highest BCUT2D eigenvalue weighted by Gasteiger charge is 2.46. The minimum absolute atomic E-state index is 0.338. The monoisotopic (exact) mass is 237 g/mol. The van der Waals surface area contributed by atoms with Crippen LogP contribution in [0.2, 0.25) is 0 Å². The molecule has 17 heavy (non-hydrogen) atoms. The van der Waals surface area contributed by atoms with E-state index in [-0.39, 0.29) is 5.54 Å². The van der Waals surface area contributed by atoms with Crippen molar-refractivity contribution in [1.82, 2.24) is 10.2 Å². The Morgan fingerprint density at radius 1 is 1.53 bits per heavy atom. The quantitative estimate of drug-likeness (QED) is 0.774. The standard InChI is InChI=1S/C13H23N3O/c1-3-12-8-16(6-7-17-12)10-13(9-14,15-2)11-4-5-11/h11-12,15H,3-8,10H2,1-2H3. The number of hydrogen-bond acceptors (Lipinski definition) is 4. The Morgan fingerprint density at radius 2 is 2.29 bits per heavy atom. The molecule has 4 heteroatoms. The van der Waals surface area contributed by atoms with Crippen molar-refractivity contribution in [3.63, 3.8) is 0 Å². The first-order valence-electron chi connectivity index (χ1n) is 6.68. The molecule has 1 aliphatic heterocycles. The van der Waals surface area contributed by atoms with Crippen molar-refractivity contribution in [2.45, 2.75) is 37.8 Å². The fourth-order valence-electron chi connectivity index (χ4n) is 2.69. The summed E-state index contributed by atoms with van der Waals surface area (Å²) in [5.74, 6) is 0.542. The summed E-state index contributed by atoms with van der Waals surface area (Å²) in [5, 5.41) is 12.7. The molecule has 1 N–H and O–H groups in total. The first-order valence-corrected chi connectivity index (χ1v) is 6.68. The lowest BCUT2D eigenvalue weighted by molar-refractivity contribution is -0.0357. The summed E-state index contributed by atoms with van der Waals surface area (Å²) >= 11 is 0. The van der Waals surface area contributed by atoms with Crippen LogP contribution in [-0.4, -0.2) is 49.8 Å². The second kappa shape index (κ2) is 5.34. The van der Waals surface area contributed by atoms with Gasteiger partial charge in [-0.25, -0.2) is 0 Å². The number of ether oxygens (including phenoxy) is 1. The number of likely N-dealkylation sites (N-methyl/N-ethyl adjacent to an activating group) is 1. The summed E-state index contributed by atoms with van der Waals surface area (Å²) in [5.41, 5.74) is -0.338. The Hall–Kier alpha value is -0.630.